The highest BCUT2D eigenvalue weighted by Crippen LogP contribution is 2.14. The van der Waals surface area contributed by atoms with Crippen molar-refractivity contribution in [1.29, 1.82) is 0 Å². The first-order chi connectivity index (χ1) is 22.5. The van der Waals surface area contributed by atoms with Crippen LogP contribution in [0, 0.1) is 23.7 Å². The van der Waals surface area contributed by atoms with Crippen molar-refractivity contribution in [2.75, 3.05) is 10.6 Å². The summed E-state index contributed by atoms with van der Waals surface area (Å²) in [7, 11) is 0. The highest BCUT2D eigenvalue weighted by atomic mass is 16.2. The zero-order chi connectivity index (χ0) is 32.0. The summed E-state index contributed by atoms with van der Waals surface area (Å²) in [6.07, 6.45) is 0.0891. The van der Waals surface area contributed by atoms with Gasteiger partial charge in [-0.15, -0.1) is 0 Å². The summed E-state index contributed by atoms with van der Waals surface area (Å²) in [6.45, 7) is 0.437. The summed E-state index contributed by atoms with van der Waals surface area (Å²) in [5.41, 5.74) is 12.1. The predicted octanol–water partition coefficient (Wildman–Crippen LogP) is 5.94. The van der Waals surface area contributed by atoms with Gasteiger partial charge in [0.15, 0.2) is 0 Å². The van der Waals surface area contributed by atoms with E-state index in [1.54, 1.807) is 12.1 Å². The molecule has 6 heteroatoms. The van der Waals surface area contributed by atoms with Gasteiger partial charge in [0.25, 0.3) is 0 Å². The number of hydrogen-bond donors (Lipinski definition) is 4. The third kappa shape index (κ3) is 9.80. The van der Waals surface area contributed by atoms with Crippen molar-refractivity contribution in [3.63, 3.8) is 0 Å². The molecule has 0 aromatic heterocycles. The van der Waals surface area contributed by atoms with E-state index in [1.165, 1.54) is 0 Å². The maximum atomic E-state index is 13.4. The van der Waals surface area contributed by atoms with Crippen LogP contribution in [0.25, 0.3) is 0 Å². The Morgan fingerprint density at radius 2 is 0.913 bits per heavy atom. The Morgan fingerprint density at radius 3 is 1.37 bits per heavy atom. The molecule has 2 unspecified atom stereocenters. The van der Waals surface area contributed by atoms with Gasteiger partial charge >= 0.3 is 0 Å². The minimum atomic E-state index is -0.938. The zero-order valence-electron chi connectivity index (χ0n) is 25.2. The molecule has 6 nitrogen and oxygen atoms in total. The van der Waals surface area contributed by atoms with E-state index in [4.69, 9.17) is 5.73 Å². The second-order valence-corrected chi connectivity index (χ2v) is 10.6. The molecule has 2 atom stereocenters. The molecule has 0 fully saturated rings. The molecule has 0 heterocycles. The van der Waals surface area contributed by atoms with E-state index in [9.17, 15) is 9.59 Å². The number of carbonyl (C=O) groups is 2. The summed E-state index contributed by atoms with van der Waals surface area (Å²) >= 11 is 0. The van der Waals surface area contributed by atoms with Crippen molar-refractivity contribution in [3.05, 3.63) is 167 Å². The maximum absolute atomic E-state index is 13.4. The number of nitrogens with one attached hydrogen (secondary N) is 3. The lowest BCUT2D eigenvalue weighted by atomic mass is 10.0. The summed E-state index contributed by atoms with van der Waals surface area (Å²) in [6, 6.07) is 42.1. The van der Waals surface area contributed by atoms with Crippen molar-refractivity contribution >= 4 is 23.2 Å². The standard InChI is InChI=1S/C40H34N4O2/c41-37(39(45)43-35-24-20-32(21-25-35)18-16-30-10-4-1-5-11-30)28-38(42-29-34-14-8-3-9-15-34)40(46)44-36-26-22-33(23-27-36)19-17-31-12-6-2-7-13-31/h1-15,20-27,37-38,42H,28-29,41H2,(H,43,45)(H,44,46). The number of hydrogen-bond acceptors (Lipinski definition) is 4. The second-order valence-electron chi connectivity index (χ2n) is 10.6. The molecule has 0 aliphatic heterocycles. The molecule has 5 rings (SSSR count). The summed E-state index contributed by atoms with van der Waals surface area (Å²) in [5.74, 6) is 11.8. The number of benzene rings is 5. The van der Waals surface area contributed by atoms with Crippen molar-refractivity contribution in [2.45, 2.75) is 25.0 Å². The Kier molecular flexibility index (Phi) is 11.1. The molecule has 2 amide bonds. The molecule has 0 aliphatic carbocycles. The van der Waals surface area contributed by atoms with Crippen LogP contribution in [0.4, 0.5) is 11.4 Å². The van der Waals surface area contributed by atoms with Gasteiger partial charge in [0.2, 0.25) is 11.8 Å². The quantitative estimate of drug-likeness (QED) is 0.157. The largest absolute Gasteiger partial charge is 0.325 e. The molecule has 0 spiro atoms. The van der Waals surface area contributed by atoms with Gasteiger partial charge in [-0.25, -0.2) is 0 Å². The van der Waals surface area contributed by atoms with Gasteiger partial charge in [-0.1, -0.05) is 90.4 Å². The second kappa shape index (κ2) is 16.2. The van der Waals surface area contributed by atoms with Crippen LogP contribution in [-0.4, -0.2) is 23.9 Å². The van der Waals surface area contributed by atoms with Crippen LogP contribution in [-0.2, 0) is 16.1 Å². The molecule has 0 bridgehead atoms. The Morgan fingerprint density at radius 1 is 0.522 bits per heavy atom. The van der Waals surface area contributed by atoms with Crippen LogP contribution >= 0.6 is 0 Å². The lowest BCUT2D eigenvalue weighted by Gasteiger charge is -2.22. The van der Waals surface area contributed by atoms with Gasteiger partial charge in [0.05, 0.1) is 12.1 Å². The lowest BCUT2D eigenvalue weighted by molar-refractivity contribution is -0.119. The van der Waals surface area contributed by atoms with E-state index >= 15 is 0 Å². The Balaban J connectivity index is 1.21. The average Bonchev–Trinajstić information content (AvgIpc) is 3.10. The summed E-state index contributed by atoms with van der Waals surface area (Å²) in [4.78, 5) is 26.5. The van der Waals surface area contributed by atoms with Crippen LogP contribution in [0.15, 0.2) is 140 Å². The van der Waals surface area contributed by atoms with E-state index in [0.29, 0.717) is 17.9 Å². The van der Waals surface area contributed by atoms with Crippen LogP contribution < -0.4 is 21.7 Å². The average molecular weight is 603 g/mol. The molecule has 226 valence electrons. The molecule has 5 aromatic carbocycles. The van der Waals surface area contributed by atoms with Crippen LogP contribution in [0.3, 0.4) is 0 Å². The minimum absolute atomic E-state index is 0.0891. The summed E-state index contributed by atoms with van der Waals surface area (Å²) < 4.78 is 0. The fourth-order valence-corrected chi connectivity index (χ4v) is 4.55. The molecule has 0 radical (unpaired) electrons. The normalized spacial score (nSPS) is 11.5. The molecule has 46 heavy (non-hydrogen) atoms. The van der Waals surface area contributed by atoms with Crippen molar-refractivity contribution in [2.24, 2.45) is 5.73 Å². The van der Waals surface area contributed by atoms with Gasteiger partial charge in [0, 0.05) is 40.2 Å². The van der Waals surface area contributed by atoms with Gasteiger partial charge in [0.1, 0.15) is 0 Å². The molecular weight excluding hydrogens is 568 g/mol. The molecule has 0 saturated carbocycles. The molecular formula is C40H34N4O2. The van der Waals surface area contributed by atoms with E-state index in [-0.39, 0.29) is 18.2 Å². The van der Waals surface area contributed by atoms with E-state index in [1.807, 2.05) is 127 Å². The molecule has 0 saturated heterocycles. The van der Waals surface area contributed by atoms with Crippen molar-refractivity contribution in [3.8, 4) is 23.7 Å². The highest BCUT2D eigenvalue weighted by molar-refractivity contribution is 5.98. The first-order valence-electron chi connectivity index (χ1n) is 15.0. The SMILES string of the molecule is NC(CC(NCc1ccccc1)C(=O)Nc1ccc(C#Cc2ccccc2)cc1)C(=O)Nc1ccc(C#Cc2ccccc2)cc1. The van der Waals surface area contributed by atoms with Gasteiger partial charge in [-0.2, -0.15) is 0 Å². The minimum Gasteiger partial charge on any atom is -0.325 e. The molecule has 5 N–H and O–H groups in total. The smallest absolute Gasteiger partial charge is 0.241 e. The summed E-state index contributed by atoms with van der Waals surface area (Å²) in [5, 5.41) is 9.09. The lowest BCUT2D eigenvalue weighted by Crippen LogP contribution is -2.47. The van der Waals surface area contributed by atoms with Gasteiger partial charge in [-0.05, 0) is 84.8 Å². The Labute approximate surface area is 270 Å². The third-order valence-electron chi connectivity index (χ3n) is 7.09. The monoisotopic (exact) mass is 602 g/mol. The van der Waals surface area contributed by atoms with Gasteiger partial charge in [-0.3, -0.25) is 9.59 Å². The van der Waals surface area contributed by atoms with Crippen molar-refractivity contribution in [1.82, 2.24) is 5.32 Å². The fourth-order valence-electron chi connectivity index (χ4n) is 4.55. The van der Waals surface area contributed by atoms with Gasteiger partial charge < -0.3 is 21.7 Å². The van der Waals surface area contributed by atoms with Crippen LogP contribution in [0.5, 0.6) is 0 Å². The predicted molar refractivity (Wildman–Crippen MR) is 185 cm³/mol. The first-order valence-corrected chi connectivity index (χ1v) is 15.0. The third-order valence-corrected chi connectivity index (χ3v) is 7.09. The number of rotatable bonds is 9. The topological polar surface area (TPSA) is 96.2 Å². The zero-order valence-corrected chi connectivity index (χ0v) is 25.2. The number of carbonyl (C=O) groups excluding carboxylic acids is 2. The van der Waals surface area contributed by atoms with Crippen LogP contribution in [0.2, 0.25) is 0 Å². The van der Waals surface area contributed by atoms with Crippen LogP contribution in [0.1, 0.15) is 34.2 Å². The molecule has 0 aliphatic rings. The highest BCUT2D eigenvalue weighted by Gasteiger charge is 2.25. The van der Waals surface area contributed by atoms with E-state index in [2.05, 4.69) is 39.6 Å². The van der Waals surface area contributed by atoms with E-state index in [0.717, 1.165) is 27.8 Å². The number of amides is 2. The Hall–Kier alpha value is -5.92. The molecule has 5 aromatic rings. The maximum Gasteiger partial charge on any atom is 0.241 e. The number of nitrogens with two attached hydrogens (primary N) is 1. The fraction of sp³-hybridized carbons (Fsp3) is 0.100. The van der Waals surface area contributed by atoms with Crippen molar-refractivity contribution < 1.29 is 9.59 Å². The number of anilines is 2. The first kappa shape index (κ1) is 31.5. The van der Waals surface area contributed by atoms with E-state index < -0.39 is 12.1 Å². The Bertz CT molecular complexity index is 1850.